The molecule has 0 bridgehead atoms. The largest absolute Gasteiger partial charge is 0.387 e. The summed E-state index contributed by atoms with van der Waals surface area (Å²) in [6.45, 7) is 16.6. The van der Waals surface area contributed by atoms with Crippen LogP contribution in [0.5, 0.6) is 0 Å². The van der Waals surface area contributed by atoms with Crippen molar-refractivity contribution in [3.05, 3.63) is 48.5 Å². The van der Waals surface area contributed by atoms with E-state index in [2.05, 4.69) is 76.2 Å². The van der Waals surface area contributed by atoms with E-state index in [9.17, 15) is 5.11 Å². The zero-order valence-electron chi connectivity index (χ0n) is 19.5. The van der Waals surface area contributed by atoms with Crippen molar-refractivity contribution >= 4 is 10.8 Å². The fraction of sp³-hybridized carbons (Fsp3) is 0.615. The van der Waals surface area contributed by atoms with Crippen LogP contribution in [0.2, 0.25) is 0 Å². The van der Waals surface area contributed by atoms with Crippen LogP contribution in [0, 0.1) is 5.92 Å². The number of rotatable bonds is 4. The molecule has 4 rings (SSSR count). The summed E-state index contributed by atoms with van der Waals surface area (Å²) < 4.78 is 10.8. The zero-order chi connectivity index (χ0) is 21.9. The van der Waals surface area contributed by atoms with Crippen LogP contribution in [-0.4, -0.2) is 34.1 Å². The Balaban J connectivity index is 0.000000156. The lowest BCUT2D eigenvalue weighted by Gasteiger charge is -2.26. The lowest BCUT2D eigenvalue weighted by molar-refractivity contribution is -0.0173. The van der Waals surface area contributed by atoms with Crippen LogP contribution in [0.1, 0.15) is 68.2 Å². The van der Waals surface area contributed by atoms with Gasteiger partial charge in [-0.2, -0.15) is 0 Å². The quantitative estimate of drug-likeness (QED) is 0.606. The first-order valence-electron chi connectivity index (χ1n) is 11.0. The summed E-state index contributed by atoms with van der Waals surface area (Å²) in [4.78, 5) is 0. The number of hydrogen-bond acceptors (Lipinski definition) is 3. The zero-order valence-corrected chi connectivity index (χ0v) is 19.5. The number of ether oxygens (including phenoxy) is 2. The number of benzene rings is 2. The predicted octanol–water partition coefficient (Wildman–Crippen LogP) is 6.37. The molecule has 2 saturated heterocycles. The first-order chi connectivity index (χ1) is 13.5. The molecular weight excluding hydrogens is 360 g/mol. The highest BCUT2D eigenvalue weighted by molar-refractivity contribution is 5.81. The fourth-order valence-corrected chi connectivity index (χ4v) is 3.65. The molecule has 1 N–H and O–H groups in total. The van der Waals surface area contributed by atoms with E-state index >= 15 is 0 Å². The highest BCUT2D eigenvalue weighted by Crippen LogP contribution is 2.46. The SMILES string of the molecule is CCC(C)(O)C1(C)OC1C.CCC(C)C1(C)OC1C.c1ccc2ccccc2c1. The number of aliphatic hydroxyl groups is 1. The second-order valence-corrected chi connectivity index (χ2v) is 9.09. The van der Waals surface area contributed by atoms with Crippen molar-refractivity contribution in [3.63, 3.8) is 0 Å². The van der Waals surface area contributed by atoms with Gasteiger partial charge in [-0.3, -0.25) is 0 Å². The Kier molecular flexibility index (Phi) is 7.53. The first kappa shape index (κ1) is 23.9. The standard InChI is InChI=1S/C10H8.C8H16O2.C8H16O/c1-2-6-10-8-4-3-7-9(10)5-1;1-5-7(3,9)8(4)6(2)10-8;1-5-6(2)8(4)7(3)9-8/h1-8H;6,9H,5H2,1-4H3;6-7H,5H2,1-4H3. The molecule has 2 fully saturated rings. The van der Waals surface area contributed by atoms with Gasteiger partial charge in [0, 0.05) is 0 Å². The van der Waals surface area contributed by atoms with Gasteiger partial charge in [-0.25, -0.2) is 0 Å². The summed E-state index contributed by atoms with van der Waals surface area (Å²) in [6, 6.07) is 16.7. The van der Waals surface area contributed by atoms with Crippen molar-refractivity contribution in [1.29, 1.82) is 0 Å². The summed E-state index contributed by atoms with van der Waals surface area (Å²) >= 11 is 0. The van der Waals surface area contributed by atoms with Crippen LogP contribution >= 0.6 is 0 Å². The van der Waals surface area contributed by atoms with Gasteiger partial charge in [-0.1, -0.05) is 75.7 Å². The summed E-state index contributed by atoms with van der Waals surface area (Å²) in [7, 11) is 0. The van der Waals surface area contributed by atoms with Gasteiger partial charge in [-0.15, -0.1) is 0 Å². The molecule has 0 amide bonds. The van der Waals surface area contributed by atoms with Gasteiger partial charge in [0.25, 0.3) is 0 Å². The molecule has 162 valence electrons. The van der Waals surface area contributed by atoms with Gasteiger partial charge in [-0.05, 0) is 57.7 Å². The van der Waals surface area contributed by atoms with E-state index in [0.29, 0.717) is 12.0 Å². The minimum atomic E-state index is -0.660. The number of epoxide rings is 2. The molecule has 0 aromatic heterocycles. The van der Waals surface area contributed by atoms with Crippen LogP contribution in [0.3, 0.4) is 0 Å². The third-order valence-electron chi connectivity index (χ3n) is 7.33. The average molecular weight is 401 g/mol. The Morgan fingerprint density at radius 1 is 0.931 bits per heavy atom. The molecule has 2 aliphatic rings. The summed E-state index contributed by atoms with van der Waals surface area (Å²) in [5.41, 5.74) is -0.733. The molecule has 3 heteroatoms. The van der Waals surface area contributed by atoms with Crippen LogP contribution in [-0.2, 0) is 9.47 Å². The monoisotopic (exact) mass is 400 g/mol. The Bertz CT molecular complexity index is 713. The molecule has 2 aromatic rings. The van der Waals surface area contributed by atoms with E-state index in [1.165, 1.54) is 17.2 Å². The molecule has 0 saturated carbocycles. The van der Waals surface area contributed by atoms with Crippen LogP contribution in [0.25, 0.3) is 10.8 Å². The molecule has 0 radical (unpaired) electrons. The van der Waals surface area contributed by atoms with Crippen molar-refractivity contribution in [2.45, 2.75) is 97.2 Å². The molecule has 3 nitrogen and oxygen atoms in total. The Labute approximate surface area is 177 Å². The van der Waals surface area contributed by atoms with E-state index in [0.717, 1.165) is 6.42 Å². The lowest BCUT2D eigenvalue weighted by atomic mass is 9.86. The predicted molar refractivity (Wildman–Crippen MR) is 122 cm³/mol. The second-order valence-electron chi connectivity index (χ2n) is 9.09. The molecule has 2 aromatic carbocycles. The van der Waals surface area contributed by atoms with E-state index in [1.54, 1.807) is 0 Å². The van der Waals surface area contributed by atoms with Gasteiger partial charge < -0.3 is 14.6 Å². The van der Waals surface area contributed by atoms with Crippen molar-refractivity contribution in [1.82, 2.24) is 0 Å². The number of hydrogen-bond donors (Lipinski definition) is 1. The topological polar surface area (TPSA) is 45.3 Å². The first-order valence-corrected chi connectivity index (χ1v) is 11.0. The van der Waals surface area contributed by atoms with Crippen molar-refractivity contribution in [2.75, 3.05) is 0 Å². The highest BCUT2D eigenvalue weighted by Gasteiger charge is 2.60. The van der Waals surface area contributed by atoms with E-state index < -0.39 is 5.60 Å². The van der Waals surface area contributed by atoms with Gasteiger partial charge >= 0.3 is 0 Å². The normalized spacial score (nSPS) is 32.7. The maximum absolute atomic E-state index is 9.77. The lowest BCUT2D eigenvalue weighted by Crippen LogP contribution is -2.41. The number of fused-ring (bicyclic) bond motifs is 1. The third-order valence-corrected chi connectivity index (χ3v) is 7.33. The minimum absolute atomic E-state index is 0.211. The summed E-state index contributed by atoms with van der Waals surface area (Å²) in [5.74, 6) is 0.715. The van der Waals surface area contributed by atoms with E-state index in [4.69, 9.17) is 9.47 Å². The maximum atomic E-state index is 9.77. The molecule has 0 spiro atoms. The van der Waals surface area contributed by atoms with Gasteiger partial charge in [0.05, 0.1) is 23.4 Å². The van der Waals surface area contributed by atoms with Crippen molar-refractivity contribution in [2.24, 2.45) is 5.92 Å². The van der Waals surface area contributed by atoms with Gasteiger partial charge in [0.15, 0.2) is 0 Å². The molecule has 6 unspecified atom stereocenters. The Hall–Kier alpha value is -1.42. The Morgan fingerprint density at radius 3 is 1.48 bits per heavy atom. The van der Waals surface area contributed by atoms with Crippen LogP contribution in [0.4, 0.5) is 0 Å². The van der Waals surface area contributed by atoms with Crippen molar-refractivity contribution < 1.29 is 14.6 Å². The summed E-state index contributed by atoms with van der Waals surface area (Å²) in [6.07, 6.45) is 2.67. The van der Waals surface area contributed by atoms with Gasteiger partial charge in [0.2, 0.25) is 0 Å². The smallest absolute Gasteiger partial charge is 0.120 e. The second kappa shape index (κ2) is 9.16. The molecular formula is C26H40O3. The van der Waals surface area contributed by atoms with Crippen LogP contribution in [0.15, 0.2) is 48.5 Å². The van der Waals surface area contributed by atoms with Crippen molar-refractivity contribution in [3.8, 4) is 0 Å². The Morgan fingerprint density at radius 2 is 1.31 bits per heavy atom. The molecule has 29 heavy (non-hydrogen) atoms. The maximum Gasteiger partial charge on any atom is 0.120 e. The third kappa shape index (κ3) is 5.39. The summed E-state index contributed by atoms with van der Waals surface area (Å²) in [5, 5.41) is 12.4. The molecule has 2 heterocycles. The molecule has 2 aliphatic heterocycles. The fourth-order valence-electron chi connectivity index (χ4n) is 3.65. The minimum Gasteiger partial charge on any atom is -0.387 e. The van der Waals surface area contributed by atoms with Crippen LogP contribution < -0.4 is 0 Å². The average Bonchev–Trinajstić information content (AvgIpc) is 3.57. The molecule has 0 aliphatic carbocycles. The highest BCUT2D eigenvalue weighted by atomic mass is 16.6. The van der Waals surface area contributed by atoms with Gasteiger partial charge in [0.1, 0.15) is 5.60 Å². The van der Waals surface area contributed by atoms with E-state index in [-0.39, 0.29) is 17.3 Å². The molecule has 6 atom stereocenters. The van der Waals surface area contributed by atoms with E-state index in [1.807, 2.05) is 27.7 Å².